The van der Waals surface area contributed by atoms with Crippen molar-refractivity contribution in [3.05, 3.63) is 12.0 Å². The van der Waals surface area contributed by atoms with Gasteiger partial charge in [-0.3, -0.25) is 0 Å². The lowest BCUT2D eigenvalue weighted by Gasteiger charge is -2.23. The van der Waals surface area contributed by atoms with E-state index in [1.807, 2.05) is 11.8 Å². The maximum absolute atomic E-state index is 13.7. The highest BCUT2D eigenvalue weighted by Gasteiger charge is 2.29. The molecule has 0 aromatic carbocycles. The number of halogens is 1. The first-order valence-corrected chi connectivity index (χ1v) is 7.76. The molecule has 1 saturated heterocycles. The zero-order chi connectivity index (χ0) is 13.7. The van der Waals surface area contributed by atoms with Gasteiger partial charge in [0.1, 0.15) is 0 Å². The highest BCUT2D eigenvalue weighted by Crippen LogP contribution is 2.37. The van der Waals surface area contributed by atoms with Gasteiger partial charge in [0.05, 0.1) is 6.20 Å². The average Bonchev–Trinajstić information content (AvgIpc) is 2.84. The molecule has 0 aliphatic carbocycles. The van der Waals surface area contributed by atoms with Gasteiger partial charge in [0, 0.05) is 17.8 Å². The van der Waals surface area contributed by atoms with E-state index in [4.69, 9.17) is 0 Å². The second-order valence-corrected chi connectivity index (χ2v) is 6.75. The van der Waals surface area contributed by atoms with Crippen molar-refractivity contribution in [1.29, 1.82) is 0 Å². The molecule has 2 rings (SSSR count). The summed E-state index contributed by atoms with van der Waals surface area (Å²) in [6, 6.07) is 0. The van der Waals surface area contributed by atoms with Crippen molar-refractivity contribution in [3.8, 4) is 0 Å². The molecule has 4 nitrogen and oxygen atoms in total. The van der Waals surface area contributed by atoms with Gasteiger partial charge in [0.2, 0.25) is 5.95 Å². The zero-order valence-electron chi connectivity index (χ0n) is 11.5. The fraction of sp³-hybridized carbons (Fsp3) is 0.692. The van der Waals surface area contributed by atoms with E-state index in [0.29, 0.717) is 11.8 Å². The summed E-state index contributed by atoms with van der Waals surface area (Å²) in [7, 11) is 0. The molecule has 106 valence electrons. The second kappa shape index (κ2) is 6.41. The van der Waals surface area contributed by atoms with Crippen LogP contribution in [0.25, 0.3) is 0 Å². The lowest BCUT2D eigenvalue weighted by Crippen LogP contribution is -2.28. The summed E-state index contributed by atoms with van der Waals surface area (Å²) in [5, 5.41) is 6.19. The molecule has 6 heteroatoms. The van der Waals surface area contributed by atoms with E-state index in [1.165, 1.54) is 18.4 Å². The smallest absolute Gasteiger partial charge is 0.224 e. The Morgan fingerprint density at radius 1 is 1.47 bits per heavy atom. The first kappa shape index (κ1) is 14.4. The van der Waals surface area contributed by atoms with Crippen molar-refractivity contribution < 1.29 is 4.39 Å². The molecule has 1 atom stereocenters. The second-order valence-electron chi connectivity index (χ2n) is 5.07. The van der Waals surface area contributed by atoms with Gasteiger partial charge in [-0.25, -0.2) is 9.37 Å². The van der Waals surface area contributed by atoms with Crippen LogP contribution in [0.5, 0.6) is 0 Å². The fourth-order valence-corrected chi connectivity index (χ4v) is 3.30. The number of nitrogens with zero attached hydrogens (tertiary/aromatic N) is 2. The summed E-state index contributed by atoms with van der Waals surface area (Å²) in [4.78, 5) is 8.12. The summed E-state index contributed by atoms with van der Waals surface area (Å²) in [6.45, 7) is 5.80. The van der Waals surface area contributed by atoms with E-state index >= 15 is 0 Å². The number of nitrogens with one attached hydrogen (secondary N) is 2. The lowest BCUT2D eigenvalue weighted by molar-refractivity contribution is 0.604. The number of hydrogen-bond donors (Lipinski definition) is 2. The molecule has 0 spiro atoms. The van der Waals surface area contributed by atoms with Crippen molar-refractivity contribution in [1.82, 2.24) is 9.97 Å². The van der Waals surface area contributed by atoms with Crippen LogP contribution in [0, 0.1) is 5.82 Å². The summed E-state index contributed by atoms with van der Waals surface area (Å²) in [5.41, 5.74) is 0. The van der Waals surface area contributed by atoms with E-state index < -0.39 is 5.82 Å². The molecule has 2 N–H and O–H groups in total. The molecule has 1 aliphatic heterocycles. The van der Waals surface area contributed by atoms with Gasteiger partial charge in [-0.05, 0) is 31.9 Å². The van der Waals surface area contributed by atoms with Crippen LogP contribution in [0.1, 0.15) is 33.1 Å². The third kappa shape index (κ3) is 3.96. The molecule has 0 saturated carbocycles. The average molecular weight is 284 g/mol. The predicted octanol–water partition coefficient (Wildman–Crippen LogP) is 3.14. The first-order chi connectivity index (χ1) is 9.13. The minimum absolute atomic E-state index is 0.189. The van der Waals surface area contributed by atoms with Gasteiger partial charge in [-0.2, -0.15) is 16.7 Å². The van der Waals surface area contributed by atoms with E-state index in [-0.39, 0.29) is 4.75 Å². The first-order valence-electron chi connectivity index (χ1n) is 6.77. The molecule has 0 radical (unpaired) electrons. The van der Waals surface area contributed by atoms with Gasteiger partial charge in [-0.1, -0.05) is 6.92 Å². The molecule has 1 aromatic heterocycles. The summed E-state index contributed by atoms with van der Waals surface area (Å²) < 4.78 is 13.9. The summed E-state index contributed by atoms with van der Waals surface area (Å²) in [5.74, 6) is 1.57. The van der Waals surface area contributed by atoms with E-state index in [1.54, 1.807) is 0 Å². The van der Waals surface area contributed by atoms with Crippen LogP contribution in [0.15, 0.2) is 6.20 Å². The molecule has 0 bridgehead atoms. The zero-order valence-corrected chi connectivity index (χ0v) is 12.3. The van der Waals surface area contributed by atoms with Crippen molar-refractivity contribution in [3.63, 3.8) is 0 Å². The number of hydrogen-bond acceptors (Lipinski definition) is 5. The molecule has 1 fully saturated rings. The van der Waals surface area contributed by atoms with Crippen LogP contribution in [0.4, 0.5) is 16.2 Å². The SMILES string of the molecule is CCCNc1ncc(F)c(NCC2(C)CCCS2)n1. The van der Waals surface area contributed by atoms with Crippen molar-refractivity contribution in [2.24, 2.45) is 0 Å². The number of anilines is 2. The van der Waals surface area contributed by atoms with Crippen molar-refractivity contribution >= 4 is 23.5 Å². The Morgan fingerprint density at radius 2 is 2.32 bits per heavy atom. The maximum atomic E-state index is 13.7. The van der Waals surface area contributed by atoms with Gasteiger partial charge in [-0.15, -0.1) is 0 Å². The van der Waals surface area contributed by atoms with Crippen LogP contribution >= 0.6 is 11.8 Å². The van der Waals surface area contributed by atoms with Crippen LogP contribution in [0.3, 0.4) is 0 Å². The van der Waals surface area contributed by atoms with Gasteiger partial charge in [0.25, 0.3) is 0 Å². The molecular formula is C13H21FN4S. The van der Waals surface area contributed by atoms with Crippen molar-refractivity contribution in [2.45, 2.75) is 37.9 Å². The van der Waals surface area contributed by atoms with Crippen LogP contribution in [0.2, 0.25) is 0 Å². The van der Waals surface area contributed by atoms with Gasteiger partial charge >= 0.3 is 0 Å². The Morgan fingerprint density at radius 3 is 3.00 bits per heavy atom. The quantitative estimate of drug-likeness (QED) is 0.840. The monoisotopic (exact) mass is 284 g/mol. The highest BCUT2D eigenvalue weighted by atomic mass is 32.2. The summed E-state index contributed by atoms with van der Waals surface area (Å²) >= 11 is 1.94. The highest BCUT2D eigenvalue weighted by molar-refractivity contribution is 8.00. The Bertz CT molecular complexity index is 421. The maximum Gasteiger partial charge on any atom is 0.224 e. The third-order valence-electron chi connectivity index (χ3n) is 3.21. The minimum atomic E-state index is -0.395. The largest absolute Gasteiger partial charge is 0.366 e. The molecule has 1 unspecified atom stereocenters. The Kier molecular flexibility index (Phi) is 4.85. The Hall–Kier alpha value is -1.04. The topological polar surface area (TPSA) is 49.8 Å². The standard InChI is InChI=1S/C13H21FN4S/c1-3-6-15-12-16-8-10(14)11(18-12)17-9-13(2)5-4-7-19-13/h8H,3-7,9H2,1-2H3,(H2,15,16,17,18). The number of thioether (sulfide) groups is 1. The van der Waals surface area contributed by atoms with Gasteiger partial charge < -0.3 is 10.6 Å². The lowest BCUT2D eigenvalue weighted by atomic mass is 10.1. The fourth-order valence-electron chi connectivity index (χ4n) is 2.06. The van der Waals surface area contributed by atoms with Gasteiger partial charge in [0.15, 0.2) is 11.6 Å². The van der Waals surface area contributed by atoms with Crippen molar-refractivity contribution in [2.75, 3.05) is 29.5 Å². The number of rotatable bonds is 6. The molecular weight excluding hydrogens is 263 g/mol. The van der Waals surface area contributed by atoms with E-state index in [9.17, 15) is 4.39 Å². The molecule has 1 aromatic rings. The van der Waals surface area contributed by atoms with Crippen LogP contribution in [-0.2, 0) is 0 Å². The van der Waals surface area contributed by atoms with E-state index in [0.717, 1.165) is 25.9 Å². The van der Waals surface area contributed by atoms with Crippen LogP contribution < -0.4 is 10.6 Å². The molecule has 0 amide bonds. The molecule has 2 heterocycles. The Labute approximate surface area is 118 Å². The number of aromatic nitrogens is 2. The van der Waals surface area contributed by atoms with Crippen LogP contribution in [-0.4, -0.2) is 33.6 Å². The third-order valence-corrected chi connectivity index (χ3v) is 4.75. The normalized spacial score (nSPS) is 22.5. The Balaban J connectivity index is 1.98. The predicted molar refractivity (Wildman–Crippen MR) is 79.4 cm³/mol. The molecule has 19 heavy (non-hydrogen) atoms. The van der Waals surface area contributed by atoms with E-state index in [2.05, 4.69) is 34.4 Å². The molecule has 1 aliphatic rings. The summed E-state index contributed by atoms with van der Waals surface area (Å²) in [6.07, 6.45) is 4.60. The minimum Gasteiger partial charge on any atom is -0.366 e.